The molecule has 32 heavy (non-hydrogen) atoms. The molecule has 0 unspecified atom stereocenters. The maximum atomic E-state index is 3.31. The van der Waals surface area contributed by atoms with Crippen LogP contribution in [0.1, 0.15) is 0 Å². The minimum Gasteiger partial charge on any atom is -0.309 e. The second-order valence-electron chi connectivity index (χ2n) is 8.07. The van der Waals surface area contributed by atoms with Crippen LogP contribution >= 0.6 is 11.3 Å². The van der Waals surface area contributed by atoms with Crippen LogP contribution in [-0.4, -0.2) is 4.57 Å². The van der Waals surface area contributed by atoms with E-state index in [4.69, 9.17) is 0 Å². The minimum atomic E-state index is 1.16. The van der Waals surface area contributed by atoms with E-state index < -0.39 is 0 Å². The Labute approximate surface area is 189 Å². The van der Waals surface area contributed by atoms with Gasteiger partial charge in [-0.25, -0.2) is 0 Å². The maximum Gasteiger partial charge on any atom is 0.0541 e. The van der Waals surface area contributed by atoms with Crippen molar-refractivity contribution in [3.8, 4) is 16.8 Å². The van der Waals surface area contributed by atoms with Crippen molar-refractivity contribution in [2.45, 2.75) is 0 Å². The van der Waals surface area contributed by atoms with E-state index in [0.717, 1.165) is 5.39 Å². The molecular weight excluding hydrogens is 406 g/mol. The third-order valence-electron chi connectivity index (χ3n) is 6.25. The first-order valence-electron chi connectivity index (χ1n) is 10.7. The van der Waals surface area contributed by atoms with Gasteiger partial charge in [0.1, 0.15) is 0 Å². The molecule has 1 nitrogen and oxygen atoms in total. The average Bonchev–Trinajstić information content (AvgIpc) is 3.39. The zero-order valence-electron chi connectivity index (χ0n) is 17.2. The largest absolute Gasteiger partial charge is 0.309 e. The van der Waals surface area contributed by atoms with E-state index in [-0.39, 0.29) is 0 Å². The van der Waals surface area contributed by atoms with Gasteiger partial charge in [0.25, 0.3) is 0 Å². The predicted molar refractivity (Wildman–Crippen MR) is 137 cm³/mol. The first kappa shape index (κ1) is 17.6. The van der Waals surface area contributed by atoms with Crippen LogP contribution in [0.5, 0.6) is 0 Å². The summed E-state index contributed by atoms with van der Waals surface area (Å²) in [5, 5.41) is 4.97. The fourth-order valence-electron chi connectivity index (χ4n) is 4.78. The first-order chi connectivity index (χ1) is 15.9. The third kappa shape index (κ3) is 2.52. The quantitative estimate of drug-likeness (QED) is 0.263. The molecule has 5 aromatic carbocycles. The van der Waals surface area contributed by atoms with Crippen molar-refractivity contribution >= 4 is 53.3 Å². The van der Waals surface area contributed by atoms with Gasteiger partial charge in [0.05, 0.1) is 16.4 Å². The number of fused-ring (bicyclic) bond motifs is 6. The number of hydrogen-bond donors (Lipinski definition) is 0. The topological polar surface area (TPSA) is 4.93 Å². The van der Waals surface area contributed by atoms with E-state index in [1.807, 2.05) is 17.4 Å². The number of aromatic nitrogens is 1. The molecular formula is C30H17NS. The van der Waals surface area contributed by atoms with Crippen LogP contribution in [0.4, 0.5) is 0 Å². The van der Waals surface area contributed by atoms with Crippen LogP contribution in [0.25, 0.3) is 58.8 Å². The normalized spacial score (nSPS) is 11.5. The molecule has 0 amide bonds. The molecule has 0 bridgehead atoms. The summed E-state index contributed by atoms with van der Waals surface area (Å²) in [5.41, 5.74) is 6.10. The molecule has 0 atom stereocenters. The van der Waals surface area contributed by atoms with Crippen LogP contribution in [0, 0.1) is 12.1 Å². The van der Waals surface area contributed by atoms with Gasteiger partial charge in [0.2, 0.25) is 0 Å². The number of para-hydroxylation sites is 2. The van der Waals surface area contributed by atoms with Crippen LogP contribution in [-0.2, 0) is 0 Å². The fraction of sp³-hybridized carbons (Fsp3) is 0. The summed E-state index contributed by atoms with van der Waals surface area (Å²) in [7, 11) is 0. The molecule has 148 valence electrons. The van der Waals surface area contributed by atoms with Gasteiger partial charge in [-0.3, -0.25) is 0 Å². The van der Waals surface area contributed by atoms with Gasteiger partial charge in [-0.15, -0.1) is 11.3 Å². The van der Waals surface area contributed by atoms with Crippen molar-refractivity contribution in [1.29, 1.82) is 0 Å². The Morgan fingerprint density at radius 2 is 1.34 bits per heavy atom. The molecule has 0 saturated heterocycles. The van der Waals surface area contributed by atoms with Gasteiger partial charge in [0, 0.05) is 31.2 Å². The lowest BCUT2D eigenvalue weighted by Crippen LogP contribution is -1.92. The second-order valence-corrected chi connectivity index (χ2v) is 9.16. The van der Waals surface area contributed by atoms with Crippen LogP contribution in [0.15, 0.2) is 103 Å². The highest BCUT2D eigenvalue weighted by Crippen LogP contribution is 2.38. The molecule has 0 fully saturated rings. The number of thiophene rings is 1. The highest BCUT2D eigenvalue weighted by molar-refractivity contribution is 7.25. The molecule has 0 N–H and O–H groups in total. The highest BCUT2D eigenvalue weighted by atomic mass is 32.1. The lowest BCUT2D eigenvalue weighted by Gasteiger charge is -2.08. The van der Waals surface area contributed by atoms with E-state index in [1.165, 1.54) is 53.4 Å². The van der Waals surface area contributed by atoms with Gasteiger partial charge in [-0.1, -0.05) is 60.7 Å². The van der Waals surface area contributed by atoms with Crippen LogP contribution < -0.4 is 0 Å². The standard InChI is InChI=1S/C30H17NS/c1-2-8-22(9-3-1)31-27-12-6-4-10-23(27)25-18-20(14-16-28(25)31)21-15-17-30-26(19-21)24-11-5-7-13-29(24)32-30/h1-4,6-10,12-19H. The van der Waals surface area contributed by atoms with E-state index in [1.54, 1.807) is 0 Å². The molecule has 0 spiro atoms. The fourth-order valence-corrected chi connectivity index (χ4v) is 5.82. The lowest BCUT2D eigenvalue weighted by molar-refractivity contribution is 1.18. The molecule has 7 aromatic rings. The number of nitrogens with zero attached hydrogens (tertiary/aromatic N) is 1. The van der Waals surface area contributed by atoms with Gasteiger partial charge >= 0.3 is 0 Å². The van der Waals surface area contributed by atoms with Crippen molar-refractivity contribution in [3.05, 3.63) is 115 Å². The van der Waals surface area contributed by atoms with Crippen LogP contribution in [0.3, 0.4) is 0 Å². The Balaban J connectivity index is 1.49. The van der Waals surface area contributed by atoms with Gasteiger partial charge in [-0.2, -0.15) is 0 Å². The van der Waals surface area contributed by atoms with Gasteiger partial charge in [0.15, 0.2) is 0 Å². The summed E-state index contributed by atoms with van der Waals surface area (Å²) in [6.07, 6.45) is 0. The zero-order chi connectivity index (χ0) is 21.1. The molecule has 0 saturated carbocycles. The minimum absolute atomic E-state index is 1.16. The summed E-state index contributed by atoms with van der Waals surface area (Å²) >= 11 is 1.82. The van der Waals surface area contributed by atoms with E-state index in [9.17, 15) is 0 Å². The number of rotatable bonds is 2. The van der Waals surface area contributed by atoms with Crippen molar-refractivity contribution < 1.29 is 0 Å². The summed E-state index contributed by atoms with van der Waals surface area (Å²) in [6.45, 7) is 0. The summed E-state index contributed by atoms with van der Waals surface area (Å²) < 4.78 is 4.91. The Morgan fingerprint density at radius 3 is 2.25 bits per heavy atom. The molecule has 2 aromatic heterocycles. The first-order valence-corrected chi connectivity index (χ1v) is 11.5. The predicted octanol–water partition coefficient (Wildman–Crippen LogP) is 8.42. The molecule has 2 heteroatoms. The van der Waals surface area contributed by atoms with Gasteiger partial charge < -0.3 is 4.57 Å². The van der Waals surface area contributed by atoms with Crippen molar-refractivity contribution in [3.63, 3.8) is 0 Å². The number of benzene rings is 4. The van der Waals surface area contributed by atoms with E-state index in [0.29, 0.717) is 0 Å². The van der Waals surface area contributed by atoms with E-state index >= 15 is 0 Å². The molecule has 0 aliphatic carbocycles. The summed E-state index contributed by atoms with van der Waals surface area (Å²) in [5.74, 6) is 0. The zero-order valence-corrected chi connectivity index (χ0v) is 18.0. The summed E-state index contributed by atoms with van der Waals surface area (Å²) in [6, 6.07) is 43.4. The SMILES string of the molecule is c1ccc2sc3ccc(-c4ccc5c(c4)c4ccccc4n5-c4ccccc4)cc3c2c#1. The monoisotopic (exact) mass is 423 g/mol. The molecule has 0 aliphatic heterocycles. The van der Waals surface area contributed by atoms with Crippen molar-refractivity contribution in [1.82, 2.24) is 4.57 Å². The Bertz CT molecular complexity index is 1770. The molecule has 2 heterocycles. The van der Waals surface area contributed by atoms with E-state index in [2.05, 4.69) is 114 Å². The highest BCUT2D eigenvalue weighted by Gasteiger charge is 2.13. The lowest BCUT2D eigenvalue weighted by atomic mass is 10.0. The number of hydrogen-bond acceptors (Lipinski definition) is 1. The van der Waals surface area contributed by atoms with Gasteiger partial charge in [-0.05, 0) is 65.7 Å². The summed E-state index contributed by atoms with van der Waals surface area (Å²) in [4.78, 5) is 0. The van der Waals surface area contributed by atoms with Crippen molar-refractivity contribution in [2.75, 3.05) is 0 Å². The molecule has 0 aliphatic rings. The Kier molecular flexibility index (Phi) is 3.70. The maximum absolute atomic E-state index is 3.31. The smallest absolute Gasteiger partial charge is 0.0541 e. The van der Waals surface area contributed by atoms with Crippen LogP contribution in [0.2, 0.25) is 0 Å². The average molecular weight is 424 g/mol. The molecule has 7 rings (SSSR count). The van der Waals surface area contributed by atoms with Crippen molar-refractivity contribution in [2.24, 2.45) is 0 Å². The second kappa shape index (κ2) is 6.72. The molecule has 0 radical (unpaired) electrons. The third-order valence-corrected chi connectivity index (χ3v) is 7.39. The Hall–Kier alpha value is -4.06. The Morgan fingerprint density at radius 1 is 0.594 bits per heavy atom.